The number of anilines is 1. The lowest BCUT2D eigenvalue weighted by atomic mass is 10.2. The van der Waals surface area contributed by atoms with Gasteiger partial charge in [-0.15, -0.1) is 0 Å². The lowest BCUT2D eigenvalue weighted by molar-refractivity contribution is 0.224. The number of para-hydroxylation sites is 1. The molecule has 1 saturated heterocycles. The molecule has 25 heavy (non-hydrogen) atoms. The van der Waals surface area contributed by atoms with Crippen molar-refractivity contribution in [1.29, 1.82) is 0 Å². The Bertz CT molecular complexity index is 579. The van der Waals surface area contributed by atoms with Crippen LogP contribution in [0.5, 0.6) is 11.5 Å². The molecule has 2 aromatic carbocycles. The zero-order valence-corrected chi connectivity index (χ0v) is 15.4. The zero-order valence-electron chi connectivity index (χ0n) is 15.4. The average Bonchev–Trinajstić information content (AvgIpc) is 2.69. The maximum atomic E-state index is 9.24. The number of benzene rings is 2. The fourth-order valence-electron chi connectivity index (χ4n) is 2.89. The van der Waals surface area contributed by atoms with Crippen LogP contribution in [-0.2, 0) is 0 Å². The van der Waals surface area contributed by atoms with Crippen molar-refractivity contribution in [2.24, 2.45) is 0 Å². The summed E-state index contributed by atoms with van der Waals surface area (Å²) < 4.78 is 5.69. The molecule has 1 aliphatic heterocycles. The van der Waals surface area contributed by atoms with Gasteiger partial charge in [0.05, 0.1) is 6.61 Å². The molecular formula is C21H30N2O2. The van der Waals surface area contributed by atoms with Crippen LogP contribution < -0.4 is 9.64 Å². The third kappa shape index (κ3) is 6.31. The van der Waals surface area contributed by atoms with E-state index >= 15 is 0 Å². The third-order valence-electron chi connectivity index (χ3n) is 4.22. The van der Waals surface area contributed by atoms with Crippen LogP contribution in [0.25, 0.3) is 0 Å². The Morgan fingerprint density at radius 3 is 2.16 bits per heavy atom. The Morgan fingerprint density at radius 1 is 0.880 bits per heavy atom. The molecule has 0 atom stereocenters. The van der Waals surface area contributed by atoms with Crippen molar-refractivity contribution in [2.45, 2.75) is 20.3 Å². The maximum absolute atomic E-state index is 9.24. The van der Waals surface area contributed by atoms with Gasteiger partial charge in [0, 0.05) is 38.4 Å². The predicted octanol–water partition coefficient (Wildman–Crippen LogP) is 4.01. The monoisotopic (exact) mass is 342 g/mol. The number of piperazine rings is 1. The summed E-state index contributed by atoms with van der Waals surface area (Å²) in [6.07, 6.45) is 1.02. The summed E-state index contributed by atoms with van der Waals surface area (Å²) in [5.41, 5.74) is 1.32. The van der Waals surface area contributed by atoms with Gasteiger partial charge in [-0.2, -0.15) is 0 Å². The number of rotatable bonds is 6. The Balaban J connectivity index is 0.00000109. The highest BCUT2D eigenvalue weighted by Gasteiger charge is 2.16. The second-order valence-corrected chi connectivity index (χ2v) is 5.86. The largest absolute Gasteiger partial charge is 0.508 e. The van der Waals surface area contributed by atoms with E-state index in [1.165, 1.54) is 5.69 Å². The number of ether oxygens (including phenoxy) is 1. The van der Waals surface area contributed by atoms with Crippen molar-refractivity contribution < 1.29 is 9.84 Å². The Labute approximate surface area is 151 Å². The van der Waals surface area contributed by atoms with Crippen LogP contribution >= 0.6 is 0 Å². The van der Waals surface area contributed by atoms with Gasteiger partial charge in [-0.3, -0.25) is 4.90 Å². The summed E-state index contributed by atoms with van der Waals surface area (Å²) in [5.74, 6) is 1.09. The number of hydrogen-bond acceptors (Lipinski definition) is 4. The van der Waals surface area contributed by atoms with Gasteiger partial charge in [-0.1, -0.05) is 32.0 Å². The van der Waals surface area contributed by atoms with Crippen molar-refractivity contribution in [2.75, 3.05) is 44.2 Å². The molecule has 0 amide bonds. The van der Waals surface area contributed by atoms with Gasteiger partial charge in [0.1, 0.15) is 11.5 Å². The van der Waals surface area contributed by atoms with E-state index in [-0.39, 0.29) is 5.75 Å². The maximum Gasteiger partial charge on any atom is 0.119 e. The van der Waals surface area contributed by atoms with Gasteiger partial charge in [0.15, 0.2) is 0 Å². The van der Waals surface area contributed by atoms with Gasteiger partial charge in [0.25, 0.3) is 0 Å². The zero-order chi connectivity index (χ0) is 17.9. The normalized spacial score (nSPS) is 14.6. The molecule has 1 heterocycles. The van der Waals surface area contributed by atoms with Crippen molar-refractivity contribution in [1.82, 2.24) is 4.90 Å². The van der Waals surface area contributed by atoms with Crippen LogP contribution in [0.2, 0.25) is 0 Å². The molecule has 2 aromatic rings. The molecule has 0 saturated carbocycles. The number of nitrogens with zero attached hydrogens (tertiary/aromatic N) is 2. The van der Waals surface area contributed by atoms with E-state index < -0.39 is 0 Å². The van der Waals surface area contributed by atoms with Gasteiger partial charge < -0.3 is 14.7 Å². The second kappa shape index (κ2) is 10.6. The quantitative estimate of drug-likeness (QED) is 0.805. The molecular weight excluding hydrogens is 312 g/mol. The SMILES string of the molecule is CC.Oc1ccc(OCCCN2CCN(c3ccccc3)CC2)cc1. The summed E-state index contributed by atoms with van der Waals surface area (Å²) in [5, 5.41) is 9.24. The molecule has 4 heteroatoms. The smallest absolute Gasteiger partial charge is 0.119 e. The predicted molar refractivity (Wildman–Crippen MR) is 105 cm³/mol. The highest BCUT2D eigenvalue weighted by Crippen LogP contribution is 2.17. The molecule has 1 fully saturated rings. The van der Waals surface area contributed by atoms with E-state index in [2.05, 4.69) is 40.1 Å². The molecule has 4 nitrogen and oxygen atoms in total. The summed E-state index contributed by atoms with van der Waals surface area (Å²) >= 11 is 0. The van der Waals surface area contributed by atoms with Crippen LogP contribution in [0.4, 0.5) is 5.69 Å². The summed E-state index contributed by atoms with van der Waals surface area (Å²) in [6, 6.07) is 17.5. The fraction of sp³-hybridized carbons (Fsp3) is 0.429. The van der Waals surface area contributed by atoms with E-state index in [0.29, 0.717) is 6.61 Å². The summed E-state index contributed by atoms with van der Waals surface area (Å²) in [6.45, 7) is 10.2. The lowest BCUT2D eigenvalue weighted by Crippen LogP contribution is -2.46. The lowest BCUT2D eigenvalue weighted by Gasteiger charge is -2.36. The number of phenolic OH excluding ortho intramolecular Hbond substituents is 1. The first-order chi connectivity index (χ1) is 12.3. The molecule has 0 bridgehead atoms. The fourth-order valence-corrected chi connectivity index (χ4v) is 2.89. The number of phenols is 1. The third-order valence-corrected chi connectivity index (χ3v) is 4.22. The van der Waals surface area contributed by atoms with Crippen LogP contribution in [0, 0.1) is 0 Å². The van der Waals surface area contributed by atoms with Gasteiger partial charge in [-0.25, -0.2) is 0 Å². The van der Waals surface area contributed by atoms with Gasteiger partial charge in [-0.05, 0) is 42.8 Å². The van der Waals surface area contributed by atoms with Crippen molar-refractivity contribution in [3.8, 4) is 11.5 Å². The van der Waals surface area contributed by atoms with Crippen LogP contribution in [-0.4, -0.2) is 49.3 Å². The minimum absolute atomic E-state index is 0.272. The van der Waals surface area contributed by atoms with E-state index in [1.807, 2.05) is 13.8 Å². The highest BCUT2D eigenvalue weighted by molar-refractivity contribution is 5.46. The molecule has 0 spiro atoms. The molecule has 1 aliphatic rings. The molecule has 0 unspecified atom stereocenters. The number of aromatic hydroxyl groups is 1. The first-order valence-electron chi connectivity index (χ1n) is 9.25. The van der Waals surface area contributed by atoms with Crippen molar-refractivity contribution in [3.63, 3.8) is 0 Å². The van der Waals surface area contributed by atoms with Crippen LogP contribution in [0.15, 0.2) is 54.6 Å². The minimum atomic E-state index is 0.272. The second-order valence-electron chi connectivity index (χ2n) is 5.86. The van der Waals surface area contributed by atoms with E-state index in [0.717, 1.165) is 44.9 Å². The molecule has 1 N–H and O–H groups in total. The van der Waals surface area contributed by atoms with Crippen LogP contribution in [0.1, 0.15) is 20.3 Å². The first-order valence-corrected chi connectivity index (χ1v) is 9.25. The minimum Gasteiger partial charge on any atom is -0.508 e. The van der Waals surface area contributed by atoms with E-state index in [4.69, 9.17) is 4.74 Å². The number of hydrogen-bond donors (Lipinski definition) is 1. The molecule has 3 rings (SSSR count). The molecule has 0 aromatic heterocycles. The molecule has 136 valence electrons. The standard InChI is InChI=1S/C19H24N2O2.C2H6/c22-18-7-9-19(10-8-18)23-16-4-11-20-12-14-21(15-13-20)17-5-2-1-3-6-17;1-2/h1-3,5-10,22H,4,11-16H2;1-2H3. The molecule has 0 radical (unpaired) electrons. The Kier molecular flexibility index (Phi) is 8.13. The van der Waals surface area contributed by atoms with Crippen LogP contribution in [0.3, 0.4) is 0 Å². The van der Waals surface area contributed by atoms with Crippen molar-refractivity contribution in [3.05, 3.63) is 54.6 Å². The average molecular weight is 342 g/mol. The summed E-state index contributed by atoms with van der Waals surface area (Å²) in [7, 11) is 0. The van der Waals surface area contributed by atoms with Gasteiger partial charge in [0.2, 0.25) is 0 Å². The van der Waals surface area contributed by atoms with Crippen molar-refractivity contribution >= 4 is 5.69 Å². The van der Waals surface area contributed by atoms with E-state index in [1.54, 1.807) is 24.3 Å². The van der Waals surface area contributed by atoms with Gasteiger partial charge >= 0.3 is 0 Å². The van der Waals surface area contributed by atoms with E-state index in [9.17, 15) is 5.11 Å². The first kappa shape index (κ1) is 19.1. The highest BCUT2D eigenvalue weighted by atomic mass is 16.5. The molecule has 0 aliphatic carbocycles. The Hall–Kier alpha value is -2.20. The Morgan fingerprint density at radius 2 is 1.52 bits per heavy atom. The summed E-state index contributed by atoms with van der Waals surface area (Å²) in [4.78, 5) is 4.95. The topological polar surface area (TPSA) is 35.9 Å².